The summed E-state index contributed by atoms with van der Waals surface area (Å²) < 4.78 is -0.661. The standard InChI is InChI=1S/C17H26N4O7S/c1-17(2)12(16(27)28)21-13(24)11(14(21)29-17)20-9(22)6-4-3-5-8(15(25)26)19-10(23)7-18/h8,11-12,14H,3-7,18H2,1-2H3,(H,19,23)(H,20,22)(H,25,26)(H,27,28)/t8-,11+,12?,14+/m0/s1. The summed E-state index contributed by atoms with van der Waals surface area (Å²) >= 11 is 1.34. The Morgan fingerprint density at radius 2 is 1.86 bits per heavy atom. The minimum Gasteiger partial charge on any atom is -0.480 e. The number of fused-ring (bicyclic) bond motifs is 1. The molecular weight excluding hydrogens is 404 g/mol. The number of unbranched alkanes of at least 4 members (excludes halogenated alkanes) is 1. The van der Waals surface area contributed by atoms with Crippen LogP contribution in [0.15, 0.2) is 0 Å². The second kappa shape index (κ2) is 8.99. The summed E-state index contributed by atoms with van der Waals surface area (Å²) in [6, 6.07) is -2.76. The van der Waals surface area contributed by atoms with Gasteiger partial charge in [-0.2, -0.15) is 0 Å². The zero-order valence-electron chi connectivity index (χ0n) is 16.2. The molecule has 0 aromatic carbocycles. The maximum absolute atomic E-state index is 12.3. The third-order valence-electron chi connectivity index (χ3n) is 4.96. The molecule has 3 amide bonds. The Morgan fingerprint density at radius 3 is 2.41 bits per heavy atom. The number of nitrogens with two attached hydrogens (primary N) is 1. The van der Waals surface area contributed by atoms with Gasteiger partial charge in [-0.1, -0.05) is 6.42 Å². The van der Waals surface area contributed by atoms with E-state index in [1.165, 1.54) is 16.7 Å². The lowest BCUT2D eigenvalue weighted by Crippen LogP contribution is -2.70. The highest BCUT2D eigenvalue weighted by atomic mass is 32.2. The summed E-state index contributed by atoms with van der Waals surface area (Å²) in [5.74, 6) is -3.59. The monoisotopic (exact) mass is 430 g/mol. The van der Waals surface area contributed by atoms with E-state index in [0.29, 0.717) is 12.8 Å². The maximum Gasteiger partial charge on any atom is 0.327 e. The molecule has 162 valence electrons. The number of rotatable bonds is 10. The molecule has 2 saturated heterocycles. The van der Waals surface area contributed by atoms with Crippen LogP contribution in [0.25, 0.3) is 0 Å². The van der Waals surface area contributed by atoms with Gasteiger partial charge in [0.15, 0.2) is 0 Å². The molecular formula is C17H26N4O7S. The van der Waals surface area contributed by atoms with Crippen molar-refractivity contribution in [2.24, 2.45) is 5.73 Å². The van der Waals surface area contributed by atoms with E-state index in [1.54, 1.807) is 13.8 Å². The van der Waals surface area contributed by atoms with Gasteiger partial charge < -0.3 is 31.5 Å². The lowest BCUT2D eigenvalue weighted by atomic mass is 9.96. The summed E-state index contributed by atoms with van der Waals surface area (Å²) in [6.45, 7) is 3.20. The molecule has 1 unspecified atom stereocenters. The van der Waals surface area contributed by atoms with Gasteiger partial charge in [0.05, 0.1) is 6.54 Å². The third-order valence-corrected chi connectivity index (χ3v) is 6.53. The quantitative estimate of drug-likeness (QED) is 0.208. The summed E-state index contributed by atoms with van der Waals surface area (Å²) in [7, 11) is 0. The van der Waals surface area contributed by atoms with Crippen LogP contribution < -0.4 is 16.4 Å². The molecule has 0 aromatic rings. The van der Waals surface area contributed by atoms with Gasteiger partial charge in [-0.3, -0.25) is 14.4 Å². The van der Waals surface area contributed by atoms with Gasteiger partial charge in [-0.05, 0) is 26.7 Å². The van der Waals surface area contributed by atoms with Crippen LogP contribution in [0.5, 0.6) is 0 Å². The van der Waals surface area contributed by atoms with Crippen molar-refractivity contribution >= 4 is 41.4 Å². The molecule has 12 heteroatoms. The van der Waals surface area contributed by atoms with Gasteiger partial charge in [0.1, 0.15) is 23.5 Å². The number of carboxylic acid groups (broad SMARTS) is 2. The molecule has 2 heterocycles. The number of nitrogens with one attached hydrogen (secondary N) is 2. The van der Waals surface area contributed by atoms with Crippen molar-refractivity contribution in [1.82, 2.24) is 15.5 Å². The number of aliphatic carboxylic acids is 2. The Hall–Kier alpha value is -2.34. The zero-order valence-corrected chi connectivity index (χ0v) is 17.0. The van der Waals surface area contributed by atoms with Gasteiger partial charge in [0.2, 0.25) is 17.7 Å². The van der Waals surface area contributed by atoms with Crippen LogP contribution in [-0.4, -0.2) is 79.6 Å². The SMILES string of the molecule is CC1(C)S[C@@H]2[C@H](NC(=O)CCCC[C@H](NC(=O)CN)C(=O)O)C(=O)N2C1C(=O)O. The first kappa shape index (κ1) is 22.9. The highest BCUT2D eigenvalue weighted by Crippen LogP contribution is 2.50. The molecule has 0 radical (unpaired) electrons. The predicted octanol–water partition coefficient (Wildman–Crippen LogP) is -1.29. The molecule has 2 fully saturated rings. The number of carbonyl (C=O) groups is 5. The lowest BCUT2D eigenvalue weighted by molar-refractivity contribution is -0.161. The number of β-lactam (4-membered cyclic amide) rings is 1. The normalized spacial score (nSPS) is 25.6. The molecule has 11 nitrogen and oxygen atoms in total. The van der Waals surface area contributed by atoms with Crippen LogP contribution in [-0.2, 0) is 24.0 Å². The van der Waals surface area contributed by atoms with E-state index in [2.05, 4.69) is 10.6 Å². The van der Waals surface area contributed by atoms with Crippen LogP contribution in [0.2, 0.25) is 0 Å². The summed E-state index contributed by atoms with van der Waals surface area (Å²) in [5, 5.41) is 23.0. The highest BCUT2D eigenvalue weighted by molar-refractivity contribution is 8.01. The number of hydrogen-bond acceptors (Lipinski definition) is 7. The van der Waals surface area contributed by atoms with Crippen molar-refractivity contribution in [2.45, 2.75) is 67.8 Å². The molecule has 0 aliphatic carbocycles. The van der Waals surface area contributed by atoms with Crippen LogP contribution >= 0.6 is 11.8 Å². The second-order valence-electron chi connectivity index (χ2n) is 7.55. The van der Waals surface area contributed by atoms with Crippen LogP contribution in [0.4, 0.5) is 0 Å². The van der Waals surface area contributed by atoms with Crippen molar-refractivity contribution in [2.75, 3.05) is 6.54 Å². The van der Waals surface area contributed by atoms with Gasteiger partial charge in [-0.25, -0.2) is 9.59 Å². The number of thioether (sulfide) groups is 1. The molecule has 4 atom stereocenters. The van der Waals surface area contributed by atoms with E-state index in [-0.39, 0.29) is 25.3 Å². The van der Waals surface area contributed by atoms with E-state index in [1.807, 2.05) is 0 Å². The van der Waals surface area contributed by atoms with Crippen LogP contribution in [0.3, 0.4) is 0 Å². The summed E-state index contributed by atoms with van der Waals surface area (Å²) in [5.41, 5.74) is 5.15. The van der Waals surface area contributed by atoms with E-state index >= 15 is 0 Å². The first-order valence-electron chi connectivity index (χ1n) is 9.24. The topological polar surface area (TPSA) is 179 Å². The Bertz CT molecular complexity index is 714. The minimum atomic E-state index is -1.18. The van der Waals surface area contributed by atoms with E-state index in [9.17, 15) is 29.1 Å². The molecule has 0 spiro atoms. The second-order valence-corrected chi connectivity index (χ2v) is 9.32. The summed E-state index contributed by atoms with van der Waals surface area (Å²) in [4.78, 5) is 59.6. The first-order chi connectivity index (χ1) is 13.5. The van der Waals surface area contributed by atoms with E-state index in [4.69, 9.17) is 10.8 Å². The number of carbonyl (C=O) groups excluding carboxylic acids is 3. The van der Waals surface area contributed by atoms with Gasteiger partial charge in [0.25, 0.3) is 0 Å². The molecule has 0 bridgehead atoms. The zero-order chi connectivity index (χ0) is 21.9. The fourth-order valence-corrected chi connectivity index (χ4v) is 5.16. The van der Waals surface area contributed by atoms with E-state index < -0.39 is 52.0 Å². The fourth-order valence-electron chi connectivity index (χ4n) is 3.54. The highest BCUT2D eigenvalue weighted by Gasteiger charge is 2.64. The Morgan fingerprint density at radius 1 is 1.21 bits per heavy atom. The van der Waals surface area contributed by atoms with E-state index in [0.717, 1.165) is 0 Å². The first-order valence-corrected chi connectivity index (χ1v) is 10.1. The molecule has 0 saturated carbocycles. The Kier molecular flexibility index (Phi) is 7.11. The van der Waals surface area contributed by atoms with Crippen LogP contribution in [0.1, 0.15) is 39.5 Å². The number of amides is 3. The van der Waals surface area contributed by atoms with Crippen molar-refractivity contribution in [3.05, 3.63) is 0 Å². The van der Waals surface area contributed by atoms with Crippen molar-refractivity contribution < 1.29 is 34.2 Å². The van der Waals surface area contributed by atoms with Gasteiger partial charge in [-0.15, -0.1) is 11.8 Å². The van der Waals surface area contributed by atoms with Crippen molar-refractivity contribution in [3.63, 3.8) is 0 Å². The van der Waals surface area contributed by atoms with Crippen LogP contribution in [0, 0.1) is 0 Å². The number of carboxylic acids is 2. The molecule has 2 rings (SSSR count). The largest absolute Gasteiger partial charge is 0.480 e. The van der Waals surface area contributed by atoms with Gasteiger partial charge in [0, 0.05) is 11.2 Å². The Labute approximate surface area is 171 Å². The average Bonchev–Trinajstić information content (AvgIpc) is 2.89. The summed E-state index contributed by atoms with van der Waals surface area (Å²) in [6.07, 6.45) is 0.994. The molecule has 29 heavy (non-hydrogen) atoms. The van der Waals surface area contributed by atoms with Crippen molar-refractivity contribution in [1.29, 1.82) is 0 Å². The smallest absolute Gasteiger partial charge is 0.327 e. The Balaban J connectivity index is 1.78. The fraction of sp³-hybridized carbons (Fsp3) is 0.706. The van der Waals surface area contributed by atoms with Gasteiger partial charge >= 0.3 is 11.9 Å². The molecule has 0 aromatic heterocycles. The lowest BCUT2D eigenvalue weighted by Gasteiger charge is -2.43. The number of nitrogens with zero attached hydrogens (tertiary/aromatic N) is 1. The molecule has 2 aliphatic rings. The molecule has 6 N–H and O–H groups in total. The third kappa shape index (κ3) is 4.99. The average molecular weight is 430 g/mol. The number of hydrogen-bond donors (Lipinski definition) is 5. The predicted molar refractivity (Wildman–Crippen MR) is 103 cm³/mol. The maximum atomic E-state index is 12.3. The minimum absolute atomic E-state index is 0.0874. The molecule has 2 aliphatic heterocycles. The van der Waals surface area contributed by atoms with Crippen molar-refractivity contribution in [3.8, 4) is 0 Å².